The molecule has 2 aliphatic rings. The van der Waals surface area contributed by atoms with E-state index in [1.807, 2.05) is 12.1 Å². The average molecular weight is 453 g/mol. The molecule has 2 radical (unpaired) electrons. The van der Waals surface area contributed by atoms with E-state index in [2.05, 4.69) is 52.1 Å². The molecule has 0 amide bonds. The van der Waals surface area contributed by atoms with Gasteiger partial charge in [-0.25, -0.2) is 0 Å². The predicted octanol–water partition coefficient (Wildman–Crippen LogP) is 5.93. The maximum absolute atomic E-state index is 10.6. The summed E-state index contributed by atoms with van der Waals surface area (Å²) < 4.78 is 23.2. The molecule has 154 valence electrons. The number of hydrogen-bond acceptors (Lipinski definition) is 7. The lowest BCUT2D eigenvalue weighted by Crippen LogP contribution is -2.31. The Morgan fingerprint density at radius 3 is 1.85 bits per heavy atom. The lowest BCUT2D eigenvalue weighted by atomic mass is 9.97. The SMILES string of the molecule is CC1(C)CO[P](O)(Cc2ccc(CS[P]3(S)OCC(C)(C)CO3)cc2)OC1. The molecule has 5 nitrogen and oxygen atoms in total. The van der Waals surface area contributed by atoms with Crippen LogP contribution in [0.5, 0.6) is 0 Å². The normalized spacial score (nSPS) is 25.9. The van der Waals surface area contributed by atoms with Gasteiger partial charge in [-0.05, 0) is 11.1 Å². The molecule has 0 atom stereocenters. The summed E-state index contributed by atoms with van der Waals surface area (Å²) in [6.45, 7) is 10.8. The molecule has 0 bridgehead atoms. The smallest absolute Gasteiger partial charge is 0.235 e. The van der Waals surface area contributed by atoms with Crippen LogP contribution in [-0.2, 0) is 30.0 Å². The van der Waals surface area contributed by atoms with E-state index in [4.69, 9.17) is 18.1 Å². The first-order valence-corrected chi connectivity index (χ1v) is 15.1. The average Bonchev–Trinajstić information content (AvgIpc) is 2.61. The van der Waals surface area contributed by atoms with Crippen LogP contribution in [0.4, 0.5) is 0 Å². The third-order valence-electron chi connectivity index (χ3n) is 4.35. The van der Waals surface area contributed by atoms with Gasteiger partial charge in [-0.2, -0.15) is 0 Å². The van der Waals surface area contributed by atoms with E-state index < -0.39 is 14.1 Å². The molecule has 27 heavy (non-hydrogen) atoms. The lowest BCUT2D eigenvalue weighted by molar-refractivity contribution is 0.0249. The molecule has 3 rings (SSSR count). The molecule has 0 saturated carbocycles. The molecule has 1 N–H and O–H groups in total. The Bertz CT molecular complexity index is 634. The maximum atomic E-state index is 10.6. The van der Waals surface area contributed by atoms with E-state index in [-0.39, 0.29) is 10.8 Å². The minimum absolute atomic E-state index is 0.0439. The summed E-state index contributed by atoms with van der Waals surface area (Å²) in [5.41, 5.74) is 2.20. The van der Waals surface area contributed by atoms with Crippen LogP contribution >= 0.6 is 37.7 Å². The third kappa shape index (κ3) is 6.53. The van der Waals surface area contributed by atoms with E-state index in [1.165, 1.54) is 5.56 Å². The first-order valence-electron chi connectivity index (χ1n) is 9.02. The second-order valence-corrected chi connectivity index (χ2v) is 17.5. The van der Waals surface area contributed by atoms with Gasteiger partial charge in [0.05, 0.1) is 32.6 Å². The minimum Gasteiger partial charge on any atom is -0.335 e. The van der Waals surface area contributed by atoms with Crippen LogP contribution in [-0.4, -0.2) is 31.3 Å². The fourth-order valence-corrected chi connectivity index (χ4v) is 8.87. The number of thiol groups is 1. The molecule has 0 aliphatic carbocycles. The minimum atomic E-state index is -2.79. The summed E-state index contributed by atoms with van der Waals surface area (Å²) >= 11 is 6.29. The van der Waals surface area contributed by atoms with Crippen molar-refractivity contribution in [3.63, 3.8) is 0 Å². The van der Waals surface area contributed by atoms with Crippen LogP contribution in [0.15, 0.2) is 24.3 Å². The lowest BCUT2D eigenvalue weighted by Gasteiger charge is -2.40. The van der Waals surface area contributed by atoms with Crippen molar-refractivity contribution in [2.45, 2.75) is 39.6 Å². The summed E-state index contributed by atoms with van der Waals surface area (Å²) in [5.74, 6) is 0.776. The number of hydrogen-bond donors (Lipinski definition) is 2. The molecule has 2 heterocycles. The molecule has 0 spiro atoms. The van der Waals surface area contributed by atoms with Crippen molar-refractivity contribution in [1.29, 1.82) is 0 Å². The topological polar surface area (TPSA) is 57.2 Å². The summed E-state index contributed by atoms with van der Waals surface area (Å²) in [6, 6.07) is 8.18. The van der Waals surface area contributed by atoms with Crippen molar-refractivity contribution in [3.8, 4) is 0 Å². The van der Waals surface area contributed by atoms with Gasteiger partial charge in [-0.15, -0.1) is 0 Å². The van der Waals surface area contributed by atoms with Crippen molar-refractivity contribution < 1.29 is 23.0 Å². The highest BCUT2D eigenvalue weighted by molar-refractivity contribution is 8.87. The third-order valence-corrected chi connectivity index (χ3v) is 11.6. The van der Waals surface area contributed by atoms with Gasteiger partial charge in [0.2, 0.25) is 14.1 Å². The molecule has 2 aliphatic heterocycles. The highest BCUT2D eigenvalue weighted by atomic mass is 33.1. The number of benzene rings is 1. The second-order valence-electron chi connectivity index (χ2n) is 8.78. The van der Waals surface area contributed by atoms with Gasteiger partial charge in [0.1, 0.15) is 0 Å². The number of rotatable bonds is 5. The first-order chi connectivity index (χ1) is 12.5. The first kappa shape index (κ1) is 22.3. The van der Waals surface area contributed by atoms with Crippen LogP contribution < -0.4 is 0 Å². The molecule has 0 aromatic heterocycles. The molecule has 9 heteroatoms. The van der Waals surface area contributed by atoms with E-state index in [9.17, 15) is 4.89 Å². The summed E-state index contributed by atoms with van der Waals surface area (Å²) in [4.78, 5) is 10.6. The monoisotopic (exact) mass is 452 g/mol. The Morgan fingerprint density at radius 1 is 0.889 bits per heavy atom. The van der Waals surface area contributed by atoms with Gasteiger partial charge in [0.15, 0.2) is 0 Å². The summed E-state index contributed by atoms with van der Waals surface area (Å²) in [7, 11) is -2.79. The van der Waals surface area contributed by atoms with E-state index in [0.717, 1.165) is 11.3 Å². The molecular weight excluding hydrogens is 422 g/mol. The Hall–Kier alpha value is 0.580. The van der Waals surface area contributed by atoms with E-state index in [1.54, 1.807) is 11.4 Å². The van der Waals surface area contributed by atoms with Gasteiger partial charge < -0.3 is 23.0 Å². The second kappa shape index (κ2) is 8.37. The highest BCUT2D eigenvalue weighted by Crippen LogP contribution is 2.78. The fourth-order valence-electron chi connectivity index (χ4n) is 2.52. The van der Waals surface area contributed by atoms with Crippen LogP contribution in [0.3, 0.4) is 0 Å². The van der Waals surface area contributed by atoms with Crippen molar-refractivity contribution in [3.05, 3.63) is 35.4 Å². The van der Waals surface area contributed by atoms with Crippen LogP contribution in [0.1, 0.15) is 38.8 Å². The van der Waals surface area contributed by atoms with Crippen LogP contribution in [0.25, 0.3) is 0 Å². The fraction of sp³-hybridized carbons (Fsp3) is 0.667. The molecule has 2 saturated heterocycles. The van der Waals surface area contributed by atoms with Crippen LogP contribution in [0, 0.1) is 10.8 Å². The van der Waals surface area contributed by atoms with Gasteiger partial charge in [-0.1, -0.05) is 75.6 Å². The molecule has 1 aromatic carbocycles. The Morgan fingerprint density at radius 2 is 1.33 bits per heavy atom. The Labute approximate surface area is 172 Å². The highest BCUT2D eigenvalue weighted by Gasteiger charge is 2.39. The summed E-state index contributed by atoms with van der Waals surface area (Å²) in [5, 5.41) is 0. The predicted molar refractivity (Wildman–Crippen MR) is 118 cm³/mol. The summed E-state index contributed by atoms with van der Waals surface area (Å²) in [6.07, 6.45) is -1.72. The van der Waals surface area contributed by atoms with Crippen molar-refractivity contribution in [1.82, 2.24) is 0 Å². The standard InChI is InChI=1S/C18H30O5P2S2/c1-17(2)11-20-24(19,21-12-17)9-15-5-7-16(8-6-15)10-27-25(26)22-13-18(3,4)14-23-25/h5-8,19,26H,9-14H2,1-4H3. The zero-order valence-corrected chi connectivity index (χ0v) is 19.9. The Balaban J connectivity index is 1.51. The zero-order chi connectivity index (χ0) is 19.8. The zero-order valence-electron chi connectivity index (χ0n) is 16.4. The largest absolute Gasteiger partial charge is 0.335 e. The molecule has 1 aromatic rings. The Kier molecular flexibility index (Phi) is 6.90. The molecular formula is C18H30O5P2S2. The van der Waals surface area contributed by atoms with Gasteiger partial charge in [-0.3, -0.25) is 0 Å². The van der Waals surface area contributed by atoms with Crippen molar-refractivity contribution in [2.75, 3.05) is 26.4 Å². The van der Waals surface area contributed by atoms with Gasteiger partial charge >= 0.3 is 0 Å². The van der Waals surface area contributed by atoms with Crippen LogP contribution in [0.2, 0.25) is 0 Å². The van der Waals surface area contributed by atoms with Crippen molar-refractivity contribution >= 4 is 37.7 Å². The molecule has 0 unspecified atom stereocenters. The maximum Gasteiger partial charge on any atom is 0.235 e. The van der Waals surface area contributed by atoms with Crippen molar-refractivity contribution in [2.24, 2.45) is 10.8 Å². The quantitative estimate of drug-likeness (QED) is 0.427. The van der Waals surface area contributed by atoms with E-state index >= 15 is 0 Å². The van der Waals surface area contributed by atoms with E-state index in [0.29, 0.717) is 32.6 Å². The molecule has 2 fully saturated rings. The van der Waals surface area contributed by atoms with Gasteiger partial charge in [0.25, 0.3) is 0 Å². The van der Waals surface area contributed by atoms with Gasteiger partial charge in [0, 0.05) is 16.6 Å².